The van der Waals surface area contributed by atoms with Crippen molar-refractivity contribution in [3.8, 4) is 17.4 Å². The largest absolute Gasteiger partial charge is 0.493 e. The highest BCUT2D eigenvalue weighted by Crippen LogP contribution is 2.34. The molecule has 0 radical (unpaired) electrons. The van der Waals surface area contributed by atoms with Crippen molar-refractivity contribution in [2.24, 2.45) is 0 Å². The van der Waals surface area contributed by atoms with Crippen molar-refractivity contribution in [1.29, 1.82) is 0 Å². The van der Waals surface area contributed by atoms with Crippen LogP contribution in [-0.2, 0) is 0 Å². The molecule has 0 saturated heterocycles. The third-order valence-electron chi connectivity index (χ3n) is 2.62. The van der Waals surface area contributed by atoms with Crippen LogP contribution >= 0.6 is 0 Å². The average molecular weight is 288 g/mol. The van der Waals surface area contributed by atoms with Gasteiger partial charge in [0.25, 0.3) is 0 Å². The van der Waals surface area contributed by atoms with Gasteiger partial charge < -0.3 is 20.5 Å². The van der Waals surface area contributed by atoms with Crippen LogP contribution in [0.1, 0.15) is 20.8 Å². The fourth-order valence-corrected chi connectivity index (χ4v) is 1.72. The maximum absolute atomic E-state index is 6.08. The zero-order valence-corrected chi connectivity index (χ0v) is 12.7. The fourth-order valence-electron chi connectivity index (χ4n) is 1.72. The summed E-state index contributed by atoms with van der Waals surface area (Å²) >= 11 is 0. The normalized spacial score (nSPS) is 11.0. The summed E-state index contributed by atoms with van der Waals surface area (Å²) in [7, 11) is 1.58. The molecule has 0 atom stereocenters. The Hall–Kier alpha value is -2.50. The predicted molar refractivity (Wildman–Crippen MR) is 82.9 cm³/mol. The smallest absolute Gasteiger partial charge is 0.248 e. The number of methoxy groups -OCH3 is 1. The Kier molecular flexibility index (Phi) is 4.16. The number of anilines is 2. The lowest BCUT2D eigenvalue weighted by Gasteiger charge is -2.22. The first-order chi connectivity index (χ1) is 9.90. The van der Waals surface area contributed by atoms with Crippen molar-refractivity contribution >= 4 is 11.5 Å². The number of nitrogens with two attached hydrogens (primary N) is 1. The van der Waals surface area contributed by atoms with Crippen LogP contribution in [0.2, 0.25) is 0 Å². The molecule has 0 unspecified atom stereocenters. The minimum atomic E-state index is -0.163. The maximum Gasteiger partial charge on any atom is 0.248 e. The lowest BCUT2D eigenvalue weighted by atomic mass is 10.1. The Morgan fingerprint density at radius 2 is 1.76 bits per heavy atom. The summed E-state index contributed by atoms with van der Waals surface area (Å²) in [6, 6.07) is 7.31. The highest BCUT2D eigenvalue weighted by Gasteiger charge is 2.17. The van der Waals surface area contributed by atoms with E-state index in [4.69, 9.17) is 15.2 Å². The SMILES string of the molecule is COc1ccccc1Oc1ncnc(NC(C)(C)C)c1N. The van der Waals surface area contributed by atoms with E-state index in [0.29, 0.717) is 28.9 Å². The molecule has 112 valence electrons. The second kappa shape index (κ2) is 5.87. The standard InChI is InChI=1S/C15H20N4O2/c1-15(2,3)19-13-12(16)14(18-9-17-13)21-11-8-6-5-7-10(11)20-4/h5-9H,16H2,1-4H3,(H,17,18,19). The van der Waals surface area contributed by atoms with Gasteiger partial charge in [-0.15, -0.1) is 0 Å². The van der Waals surface area contributed by atoms with E-state index in [1.54, 1.807) is 19.2 Å². The van der Waals surface area contributed by atoms with Gasteiger partial charge in [-0.05, 0) is 32.9 Å². The van der Waals surface area contributed by atoms with Crippen LogP contribution in [0.4, 0.5) is 11.5 Å². The second-order valence-corrected chi connectivity index (χ2v) is 5.57. The minimum absolute atomic E-state index is 0.163. The second-order valence-electron chi connectivity index (χ2n) is 5.57. The molecule has 2 rings (SSSR count). The molecular weight excluding hydrogens is 268 g/mol. The van der Waals surface area contributed by atoms with E-state index in [1.807, 2.05) is 32.9 Å². The molecule has 0 aliphatic heterocycles. The van der Waals surface area contributed by atoms with Crippen LogP contribution in [-0.4, -0.2) is 22.6 Å². The topological polar surface area (TPSA) is 82.3 Å². The first-order valence-corrected chi connectivity index (χ1v) is 6.60. The Balaban J connectivity index is 2.31. The number of aromatic nitrogens is 2. The van der Waals surface area contributed by atoms with Crippen molar-refractivity contribution in [3.05, 3.63) is 30.6 Å². The number of nitrogens with one attached hydrogen (secondary N) is 1. The average Bonchev–Trinajstić information content (AvgIpc) is 2.42. The molecule has 0 aliphatic carbocycles. The van der Waals surface area contributed by atoms with E-state index in [9.17, 15) is 0 Å². The van der Waals surface area contributed by atoms with Gasteiger partial charge in [0.05, 0.1) is 7.11 Å². The zero-order valence-electron chi connectivity index (χ0n) is 12.7. The van der Waals surface area contributed by atoms with Crippen molar-refractivity contribution < 1.29 is 9.47 Å². The lowest BCUT2D eigenvalue weighted by molar-refractivity contribution is 0.374. The predicted octanol–water partition coefficient (Wildman–Crippen LogP) is 3.07. The monoisotopic (exact) mass is 288 g/mol. The molecule has 1 aromatic heterocycles. The van der Waals surface area contributed by atoms with Gasteiger partial charge in [-0.25, -0.2) is 4.98 Å². The van der Waals surface area contributed by atoms with Gasteiger partial charge in [-0.3, -0.25) is 0 Å². The number of para-hydroxylation sites is 2. The zero-order chi connectivity index (χ0) is 15.5. The van der Waals surface area contributed by atoms with E-state index in [1.165, 1.54) is 6.33 Å². The van der Waals surface area contributed by atoms with Crippen molar-refractivity contribution in [2.45, 2.75) is 26.3 Å². The molecule has 2 aromatic rings. The first-order valence-electron chi connectivity index (χ1n) is 6.60. The van der Waals surface area contributed by atoms with Gasteiger partial charge >= 0.3 is 0 Å². The Morgan fingerprint density at radius 3 is 2.38 bits per heavy atom. The lowest BCUT2D eigenvalue weighted by Crippen LogP contribution is -2.27. The number of hydrogen-bond acceptors (Lipinski definition) is 6. The highest BCUT2D eigenvalue weighted by atomic mass is 16.5. The minimum Gasteiger partial charge on any atom is -0.493 e. The molecule has 0 bridgehead atoms. The number of rotatable bonds is 4. The van der Waals surface area contributed by atoms with Crippen LogP contribution in [0.5, 0.6) is 17.4 Å². The summed E-state index contributed by atoms with van der Waals surface area (Å²) in [5.74, 6) is 2.00. The van der Waals surface area contributed by atoms with E-state index < -0.39 is 0 Å². The van der Waals surface area contributed by atoms with Crippen LogP contribution in [0, 0.1) is 0 Å². The number of ether oxygens (including phenoxy) is 2. The summed E-state index contributed by atoms with van der Waals surface area (Å²) < 4.78 is 11.0. The molecule has 3 N–H and O–H groups in total. The van der Waals surface area contributed by atoms with Gasteiger partial charge in [0.2, 0.25) is 5.88 Å². The van der Waals surface area contributed by atoms with Gasteiger partial charge in [-0.2, -0.15) is 4.98 Å². The van der Waals surface area contributed by atoms with Crippen LogP contribution in [0.25, 0.3) is 0 Å². The number of nitrogens with zero attached hydrogens (tertiary/aromatic N) is 2. The molecule has 0 amide bonds. The molecule has 6 heteroatoms. The quantitative estimate of drug-likeness (QED) is 0.899. The molecule has 0 fully saturated rings. The van der Waals surface area contributed by atoms with Crippen LogP contribution in [0.15, 0.2) is 30.6 Å². The maximum atomic E-state index is 6.08. The third kappa shape index (κ3) is 3.75. The summed E-state index contributed by atoms with van der Waals surface area (Å²) in [6.07, 6.45) is 1.41. The molecule has 0 saturated carbocycles. The van der Waals surface area contributed by atoms with Crippen LogP contribution in [0.3, 0.4) is 0 Å². The molecule has 6 nitrogen and oxygen atoms in total. The number of benzene rings is 1. The van der Waals surface area contributed by atoms with Gasteiger partial charge in [0, 0.05) is 5.54 Å². The number of hydrogen-bond donors (Lipinski definition) is 2. The van der Waals surface area contributed by atoms with Crippen molar-refractivity contribution in [3.63, 3.8) is 0 Å². The fraction of sp³-hybridized carbons (Fsp3) is 0.333. The molecule has 1 heterocycles. The Morgan fingerprint density at radius 1 is 1.10 bits per heavy atom. The Labute approximate surface area is 124 Å². The first kappa shape index (κ1) is 14.9. The number of nitrogen functional groups attached to an aromatic ring is 1. The summed E-state index contributed by atoms with van der Waals surface area (Å²) in [5, 5.41) is 3.22. The molecule has 0 aliphatic rings. The third-order valence-corrected chi connectivity index (χ3v) is 2.62. The van der Waals surface area contributed by atoms with E-state index in [2.05, 4.69) is 15.3 Å². The van der Waals surface area contributed by atoms with Crippen LogP contribution < -0.4 is 20.5 Å². The summed E-state index contributed by atoms with van der Waals surface area (Å²) in [5.41, 5.74) is 6.27. The molecule has 21 heavy (non-hydrogen) atoms. The van der Waals surface area contributed by atoms with Crippen molar-refractivity contribution in [2.75, 3.05) is 18.2 Å². The van der Waals surface area contributed by atoms with Gasteiger partial charge in [-0.1, -0.05) is 12.1 Å². The van der Waals surface area contributed by atoms with E-state index in [-0.39, 0.29) is 5.54 Å². The summed E-state index contributed by atoms with van der Waals surface area (Å²) in [4.78, 5) is 8.24. The highest BCUT2D eigenvalue weighted by molar-refractivity contribution is 5.67. The molecule has 0 spiro atoms. The van der Waals surface area contributed by atoms with Crippen molar-refractivity contribution in [1.82, 2.24) is 9.97 Å². The van der Waals surface area contributed by atoms with Gasteiger partial charge in [0.1, 0.15) is 12.0 Å². The Bertz CT molecular complexity index is 623. The molecular formula is C15H20N4O2. The molecule has 1 aromatic carbocycles. The van der Waals surface area contributed by atoms with E-state index in [0.717, 1.165) is 0 Å². The summed E-state index contributed by atoms with van der Waals surface area (Å²) in [6.45, 7) is 6.07. The van der Waals surface area contributed by atoms with Gasteiger partial charge in [0.15, 0.2) is 17.3 Å². The van der Waals surface area contributed by atoms with E-state index >= 15 is 0 Å².